The van der Waals surface area contributed by atoms with Gasteiger partial charge in [0.15, 0.2) is 5.82 Å². The van der Waals surface area contributed by atoms with Crippen molar-refractivity contribution in [3.63, 3.8) is 0 Å². The minimum atomic E-state index is -0.746. The molecule has 2 atom stereocenters. The van der Waals surface area contributed by atoms with Crippen LogP contribution in [0, 0.1) is 0 Å². The number of nitrogens with one attached hydrogen (secondary N) is 2. The van der Waals surface area contributed by atoms with Crippen molar-refractivity contribution in [1.29, 1.82) is 0 Å². The van der Waals surface area contributed by atoms with E-state index in [2.05, 4.69) is 20.5 Å². The fourth-order valence-electron chi connectivity index (χ4n) is 2.59. The Morgan fingerprint density at radius 3 is 2.93 bits per heavy atom. The average Bonchev–Trinajstić information content (AvgIpc) is 3.16. The first kappa shape index (κ1) is 22.9. The van der Waals surface area contributed by atoms with Crippen LogP contribution >= 0.6 is 35.7 Å². The normalized spacial score (nSPS) is 21.0. The van der Waals surface area contributed by atoms with Crippen molar-refractivity contribution >= 4 is 64.1 Å². The Labute approximate surface area is 195 Å². The van der Waals surface area contributed by atoms with Crippen molar-refractivity contribution in [3.8, 4) is 0 Å². The number of rotatable bonds is 7. The van der Waals surface area contributed by atoms with Crippen molar-refractivity contribution in [2.45, 2.75) is 11.4 Å². The Morgan fingerprint density at radius 1 is 1.57 bits per heavy atom. The van der Waals surface area contributed by atoms with Crippen LogP contribution in [0.15, 0.2) is 23.5 Å². The Balaban J connectivity index is 0.00000280. The maximum atomic E-state index is 12.5. The summed E-state index contributed by atoms with van der Waals surface area (Å²) in [5, 5.41) is 21.3. The number of primary amides is 1. The number of nitrogens with zero attached hydrogens (tertiary/aromatic N) is 3. The zero-order chi connectivity index (χ0) is 19.6. The Hall–Kier alpha value is -1.38. The summed E-state index contributed by atoms with van der Waals surface area (Å²) in [6, 6.07) is -0.746. The first-order valence-corrected chi connectivity index (χ1v) is 10.0. The third kappa shape index (κ3) is 4.78. The van der Waals surface area contributed by atoms with E-state index in [-0.39, 0.29) is 46.9 Å². The van der Waals surface area contributed by atoms with E-state index in [1.54, 1.807) is 0 Å². The Bertz CT molecular complexity index is 859. The molecule has 14 heteroatoms. The second-order valence-electron chi connectivity index (χ2n) is 5.42. The Morgan fingerprint density at radius 2 is 2.32 bits per heavy atom. The van der Waals surface area contributed by atoms with Crippen molar-refractivity contribution in [3.05, 3.63) is 29.3 Å². The van der Waals surface area contributed by atoms with Gasteiger partial charge in [-0.25, -0.2) is 4.98 Å². The van der Waals surface area contributed by atoms with Gasteiger partial charge in [0.05, 0.1) is 11.4 Å². The number of hydrogen-bond donors (Lipinski definition) is 3. The van der Waals surface area contributed by atoms with Gasteiger partial charge >= 0.3 is 29.6 Å². The van der Waals surface area contributed by atoms with Gasteiger partial charge in [0.1, 0.15) is 17.7 Å². The second-order valence-corrected chi connectivity index (χ2v) is 7.79. The molecule has 142 valence electrons. The zero-order valence-corrected chi connectivity index (χ0v) is 19.0. The van der Waals surface area contributed by atoms with Gasteiger partial charge in [-0.15, -0.1) is 23.5 Å². The quantitative estimate of drug-likeness (QED) is 0.161. The van der Waals surface area contributed by atoms with Gasteiger partial charge in [-0.1, -0.05) is 12.2 Å². The zero-order valence-electron chi connectivity index (χ0n) is 14.6. The molecular weight excluding hydrogens is 435 g/mol. The number of aromatic amines is 1. The number of thioether (sulfide) groups is 2. The van der Waals surface area contributed by atoms with Crippen LogP contribution in [0.1, 0.15) is 5.82 Å². The molecule has 0 aliphatic carbocycles. The summed E-state index contributed by atoms with van der Waals surface area (Å²) in [4.78, 5) is 40.4. The molecule has 2 aliphatic rings. The monoisotopic (exact) mass is 448 g/mol. The molecule has 1 aromatic heterocycles. The average molecular weight is 448 g/mol. The molecule has 0 spiro atoms. The van der Waals surface area contributed by atoms with Crippen molar-refractivity contribution in [1.82, 2.24) is 25.4 Å². The molecule has 3 heterocycles. The minimum absolute atomic E-state index is 0. The number of hydrogen-bond acceptors (Lipinski definition) is 9. The summed E-state index contributed by atoms with van der Waals surface area (Å²) in [5.41, 5.74) is 5.56. The molecule has 1 fully saturated rings. The summed E-state index contributed by atoms with van der Waals surface area (Å²) in [6.07, 6.45) is 2.44. The Kier molecular flexibility index (Phi) is 8.09. The van der Waals surface area contributed by atoms with Crippen LogP contribution in [-0.4, -0.2) is 65.8 Å². The second kappa shape index (κ2) is 9.89. The van der Waals surface area contributed by atoms with E-state index in [0.717, 1.165) is 17.8 Å². The standard InChI is InChI=1S/C14H14N6O4S3.Na/c15-7(21)1-2-26-4-8(22)18-9-12(23)20-10(14(24)25)6(3-27-13(9)20)11-16-5-17-19-11;/h1-2,5,9,13H,3-4H2,(H2,15,21)(H,18,22)(H,24,25)(H,16,17,19);/q;+1/p-1/b2-1-;/t9-,13-;/m1./s1. The van der Waals surface area contributed by atoms with Crippen LogP contribution in [0.25, 0.3) is 5.57 Å². The van der Waals surface area contributed by atoms with Crippen LogP contribution < -0.4 is 45.7 Å². The summed E-state index contributed by atoms with van der Waals surface area (Å²) < 4.78 is 0. The molecule has 0 aromatic carbocycles. The summed E-state index contributed by atoms with van der Waals surface area (Å²) in [5.74, 6) is -0.595. The first-order valence-electron chi connectivity index (χ1n) is 7.52. The number of carbonyl (C=O) groups is 3. The SMILES string of the molecule is NC(=O)/C=C\SCC(=O)N[C@@H]1C(=O)N2C(C([O-])=S)=C(c3ncn[nH]3)CS[C@H]12.[Na+]. The van der Waals surface area contributed by atoms with Crippen LogP contribution in [0.4, 0.5) is 0 Å². The number of aromatic nitrogens is 3. The van der Waals surface area contributed by atoms with Gasteiger partial charge in [0.25, 0.3) is 5.91 Å². The van der Waals surface area contributed by atoms with Gasteiger partial charge in [-0.2, -0.15) is 5.10 Å². The molecule has 2 aliphatic heterocycles. The van der Waals surface area contributed by atoms with Gasteiger partial charge in [0.2, 0.25) is 11.8 Å². The number of fused-ring (bicyclic) bond motifs is 1. The number of H-pyrrole nitrogens is 1. The number of amides is 3. The molecule has 1 aromatic rings. The van der Waals surface area contributed by atoms with E-state index in [0.29, 0.717) is 17.2 Å². The first-order chi connectivity index (χ1) is 12.9. The molecule has 10 nitrogen and oxygen atoms in total. The van der Waals surface area contributed by atoms with Crippen molar-refractivity contribution in [2.75, 3.05) is 11.5 Å². The summed E-state index contributed by atoms with van der Waals surface area (Å²) in [6.45, 7) is 0. The van der Waals surface area contributed by atoms with E-state index >= 15 is 0 Å². The maximum Gasteiger partial charge on any atom is 1.00 e. The van der Waals surface area contributed by atoms with Gasteiger partial charge in [-0.3, -0.25) is 24.4 Å². The predicted octanol–water partition coefficient (Wildman–Crippen LogP) is -4.66. The van der Waals surface area contributed by atoms with Gasteiger partial charge < -0.3 is 16.2 Å². The van der Waals surface area contributed by atoms with E-state index in [9.17, 15) is 19.5 Å². The van der Waals surface area contributed by atoms with Crippen molar-refractivity contribution in [2.24, 2.45) is 5.73 Å². The molecule has 4 N–H and O–H groups in total. The summed E-state index contributed by atoms with van der Waals surface area (Å²) in [7, 11) is 0. The molecule has 28 heavy (non-hydrogen) atoms. The van der Waals surface area contributed by atoms with Crippen LogP contribution in [-0.2, 0) is 14.4 Å². The van der Waals surface area contributed by atoms with Crippen molar-refractivity contribution < 1.29 is 49.0 Å². The number of β-lactam (4-membered cyclic amide) rings is 1. The molecular formula is C14H13N6NaO4S3. The molecule has 0 saturated carbocycles. The fraction of sp³-hybridized carbons (Fsp3) is 0.286. The molecule has 3 rings (SSSR count). The molecule has 0 unspecified atom stereocenters. The van der Waals surface area contributed by atoms with Gasteiger partial charge in [-0.05, 0) is 10.5 Å². The number of carbonyl (C=O) groups excluding carboxylic acids is 3. The van der Waals surface area contributed by atoms with E-state index in [1.807, 2.05) is 0 Å². The molecule has 3 amide bonds. The predicted molar refractivity (Wildman–Crippen MR) is 102 cm³/mol. The van der Waals surface area contributed by atoms with Crippen LogP contribution in [0.5, 0.6) is 0 Å². The van der Waals surface area contributed by atoms with Gasteiger partial charge in [0, 0.05) is 17.4 Å². The van der Waals surface area contributed by atoms with Crippen LogP contribution in [0.3, 0.4) is 0 Å². The minimum Gasteiger partial charge on any atom is -0.863 e. The van der Waals surface area contributed by atoms with E-state index in [1.165, 1.54) is 28.4 Å². The topological polar surface area (TPSA) is 157 Å². The fourth-order valence-corrected chi connectivity index (χ4v) is 4.72. The third-order valence-corrected chi connectivity index (χ3v) is 5.95. The smallest absolute Gasteiger partial charge is 0.863 e. The third-order valence-electron chi connectivity index (χ3n) is 3.72. The maximum absolute atomic E-state index is 12.5. The number of thiocarbonyl (C=S) groups is 1. The van der Waals surface area contributed by atoms with E-state index in [4.69, 9.17) is 18.0 Å². The molecule has 1 saturated heterocycles. The van der Waals surface area contributed by atoms with E-state index < -0.39 is 28.3 Å². The summed E-state index contributed by atoms with van der Waals surface area (Å²) >= 11 is 7.25. The van der Waals surface area contributed by atoms with Crippen LogP contribution in [0.2, 0.25) is 0 Å². The largest absolute Gasteiger partial charge is 1.00 e. The number of nitrogens with two attached hydrogens (primary N) is 1. The molecule has 0 radical (unpaired) electrons. The molecule has 0 bridgehead atoms.